The molecule has 0 radical (unpaired) electrons. The molecule has 0 aliphatic heterocycles. The molecule has 0 aromatic carbocycles. The topological polar surface area (TPSA) is 46.3 Å². The second-order valence-electron chi connectivity index (χ2n) is 3.43. The van der Waals surface area contributed by atoms with Crippen LogP contribution in [-0.4, -0.2) is 27.9 Å². The first-order valence-corrected chi connectivity index (χ1v) is 5.96. The van der Waals surface area contributed by atoms with Crippen molar-refractivity contribution in [3.05, 3.63) is 18.0 Å². The summed E-state index contributed by atoms with van der Waals surface area (Å²) in [5.74, 6) is 0.568. The standard InChI is InChI=1S/C10H16N2O2S/c1-4-12(8(2)3)10(13)15-7-9-5-6-14-11-9/h5-6,8H,4,7H2,1-3H3. The first-order valence-electron chi connectivity index (χ1n) is 4.97. The highest BCUT2D eigenvalue weighted by Gasteiger charge is 2.15. The van der Waals surface area contributed by atoms with Crippen LogP contribution in [0.3, 0.4) is 0 Å². The summed E-state index contributed by atoms with van der Waals surface area (Å²) in [5.41, 5.74) is 0.799. The van der Waals surface area contributed by atoms with E-state index >= 15 is 0 Å². The maximum atomic E-state index is 11.7. The molecule has 1 rings (SSSR count). The minimum absolute atomic E-state index is 0.0931. The number of hydrogen-bond acceptors (Lipinski definition) is 4. The predicted octanol–water partition coefficient (Wildman–Crippen LogP) is 2.76. The lowest BCUT2D eigenvalue weighted by atomic mass is 10.3. The summed E-state index contributed by atoms with van der Waals surface area (Å²) in [7, 11) is 0. The molecule has 0 unspecified atom stereocenters. The van der Waals surface area contributed by atoms with Crippen LogP contribution < -0.4 is 0 Å². The molecule has 0 atom stereocenters. The number of rotatable bonds is 4. The van der Waals surface area contributed by atoms with Gasteiger partial charge < -0.3 is 9.42 Å². The molecule has 0 bridgehead atoms. The van der Waals surface area contributed by atoms with Crippen LogP contribution in [0.2, 0.25) is 0 Å². The zero-order chi connectivity index (χ0) is 11.3. The first kappa shape index (κ1) is 12.1. The molecule has 0 aliphatic carbocycles. The monoisotopic (exact) mass is 228 g/mol. The Morgan fingerprint density at radius 2 is 2.40 bits per heavy atom. The van der Waals surface area contributed by atoms with Gasteiger partial charge >= 0.3 is 0 Å². The molecule has 0 spiro atoms. The molecule has 1 aromatic heterocycles. The smallest absolute Gasteiger partial charge is 0.282 e. The quantitative estimate of drug-likeness (QED) is 0.795. The van der Waals surface area contributed by atoms with Crippen molar-refractivity contribution in [3.63, 3.8) is 0 Å². The molecule has 1 heterocycles. The molecule has 0 saturated carbocycles. The minimum Gasteiger partial charge on any atom is -0.364 e. The lowest BCUT2D eigenvalue weighted by Gasteiger charge is -2.24. The minimum atomic E-state index is 0.0931. The number of carbonyl (C=O) groups excluding carboxylic acids is 1. The Bertz CT molecular complexity index is 298. The van der Waals surface area contributed by atoms with Gasteiger partial charge in [-0.3, -0.25) is 4.79 Å². The van der Waals surface area contributed by atoms with E-state index in [1.807, 2.05) is 25.7 Å². The van der Waals surface area contributed by atoms with Crippen LogP contribution in [0.25, 0.3) is 0 Å². The molecule has 0 N–H and O–H groups in total. The zero-order valence-corrected chi connectivity index (χ0v) is 10.1. The number of hydrogen-bond donors (Lipinski definition) is 0. The van der Waals surface area contributed by atoms with Crippen LogP contribution in [0.15, 0.2) is 16.9 Å². The summed E-state index contributed by atoms with van der Waals surface area (Å²) in [5, 5.41) is 3.84. The van der Waals surface area contributed by atoms with Gasteiger partial charge in [0, 0.05) is 24.4 Å². The summed E-state index contributed by atoms with van der Waals surface area (Å²) in [6.07, 6.45) is 1.51. The number of carbonyl (C=O) groups is 1. The van der Waals surface area contributed by atoms with Gasteiger partial charge in [-0.1, -0.05) is 16.9 Å². The van der Waals surface area contributed by atoms with E-state index in [4.69, 9.17) is 4.52 Å². The van der Waals surface area contributed by atoms with Crippen molar-refractivity contribution in [3.8, 4) is 0 Å². The van der Waals surface area contributed by atoms with Crippen molar-refractivity contribution in [1.29, 1.82) is 0 Å². The second kappa shape index (κ2) is 5.80. The number of thioether (sulfide) groups is 1. The molecule has 15 heavy (non-hydrogen) atoms. The van der Waals surface area contributed by atoms with Crippen molar-refractivity contribution >= 4 is 17.0 Å². The fourth-order valence-corrected chi connectivity index (χ4v) is 2.16. The van der Waals surface area contributed by atoms with Crippen LogP contribution in [-0.2, 0) is 5.75 Å². The Kier molecular flexibility index (Phi) is 4.68. The van der Waals surface area contributed by atoms with Crippen LogP contribution in [0.5, 0.6) is 0 Å². The average molecular weight is 228 g/mol. The van der Waals surface area contributed by atoms with Gasteiger partial charge in [-0.25, -0.2) is 0 Å². The molecule has 4 nitrogen and oxygen atoms in total. The van der Waals surface area contributed by atoms with Crippen molar-refractivity contribution in [2.45, 2.75) is 32.6 Å². The van der Waals surface area contributed by atoms with Crippen molar-refractivity contribution in [2.75, 3.05) is 6.54 Å². The van der Waals surface area contributed by atoms with Gasteiger partial charge in [0.2, 0.25) is 0 Å². The normalized spacial score (nSPS) is 10.7. The summed E-state index contributed by atoms with van der Waals surface area (Å²) in [4.78, 5) is 13.6. The number of aromatic nitrogens is 1. The molecule has 1 amide bonds. The average Bonchev–Trinajstić information content (AvgIpc) is 2.67. The van der Waals surface area contributed by atoms with Crippen LogP contribution >= 0.6 is 11.8 Å². The van der Waals surface area contributed by atoms with Crippen molar-refractivity contribution < 1.29 is 9.32 Å². The summed E-state index contributed by atoms with van der Waals surface area (Å²) < 4.78 is 4.69. The maximum Gasteiger partial charge on any atom is 0.282 e. The van der Waals surface area contributed by atoms with Gasteiger partial charge in [-0.05, 0) is 20.8 Å². The molecular formula is C10H16N2O2S. The fourth-order valence-electron chi connectivity index (χ4n) is 1.24. The highest BCUT2D eigenvalue weighted by molar-refractivity contribution is 8.12. The third-order valence-electron chi connectivity index (χ3n) is 2.03. The Morgan fingerprint density at radius 3 is 2.87 bits per heavy atom. The van der Waals surface area contributed by atoms with E-state index in [1.165, 1.54) is 18.0 Å². The van der Waals surface area contributed by atoms with E-state index in [0.29, 0.717) is 5.75 Å². The lowest BCUT2D eigenvalue weighted by molar-refractivity contribution is 0.212. The Labute approximate surface area is 94.0 Å². The van der Waals surface area contributed by atoms with E-state index < -0.39 is 0 Å². The van der Waals surface area contributed by atoms with Crippen LogP contribution in [0.1, 0.15) is 26.5 Å². The highest BCUT2D eigenvalue weighted by atomic mass is 32.2. The summed E-state index contributed by atoms with van der Waals surface area (Å²) in [6, 6.07) is 2.01. The van der Waals surface area contributed by atoms with E-state index in [9.17, 15) is 4.79 Å². The SMILES string of the molecule is CCN(C(=O)SCc1ccon1)C(C)C. The third-order valence-corrected chi connectivity index (χ3v) is 2.95. The van der Waals surface area contributed by atoms with Gasteiger partial charge in [0.25, 0.3) is 5.24 Å². The molecular weight excluding hydrogens is 212 g/mol. The van der Waals surface area contributed by atoms with Crippen molar-refractivity contribution in [1.82, 2.24) is 10.1 Å². The van der Waals surface area contributed by atoms with Crippen molar-refractivity contribution in [2.24, 2.45) is 0 Å². The number of nitrogens with zero attached hydrogens (tertiary/aromatic N) is 2. The molecule has 0 saturated heterocycles. The lowest BCUT2D eigenvalue weighted by Crippen LogP contribution is -2.33. The van der Waals surface area contributed by atoms with Crippen LogP contribution in [0.4, 0.5) is 4.79 Å². The highest BCUT2D eigenvalue weighted by Crippen LogP contribution is 2.16. The van der Waals surface area contributed by atoms with E-state index in [0.717, 1.165) is 12.2 Å². The molecule has 84 valence electrons. The van der Waals surface area contributed by atoms with Gasteiger partial charge in [-0.15, -0.1) is 0 Å². The Morgan fingerprint density at radius 1 is 1.67 bits per heavy atom. The first-order chi connectivity index (χ1) is 7.15. The van der Waals surface area contributed by atoms with Gasteiger partial charge in [-0.2, -0.15) is 0 Å². The van der Waals surface area contributed by atoms with Gasteiger partial charge in [0.05, 0.1) is 5.69 Å². The van der Waals surface area contributed by atoms with E-state index in [2.05, 4.69) is 5.16 Å². The second-order valence-corrected chi connectivity index (χ2v) is 4.35. The predicted molar refractivity (Wildman–Crippen MR) is 60.7 cm³/mol. The van der Waals surface area contributed by atoms with Gasteiger partial charge in [0.15, 0.2) is 0 Å². The summed E-state index contributed by atoms with van der Waals surface area (Å²) in [6.45, 7) is 6.74. The number of amides is 1. The molecule has 0 fully saturated rings. The van der Waals surface area contributed by atoms with E-state index in [1.54, 1.807) is 6.07 Å². The zero-order valence-electron chi connectivity index (χ0n) is 9.27. The van der Waals surface area contributed by atoms with Crippen LogP contribution in [0, 0.1) is 0 Å². The molecule has 1 aromatic rings. The Hall–Kier alpha value is -0.970. The fraction of sp³-hybridized carbons (Fsp3) is 0.600. The Balaban J connectivity index is 2.41. The molecule has 5 heteroatoms. The third kappa shape index (κ3) is 3.58. The van der Waals surface area contributed by atoms with E-state index in [-0.39, 0.29) is 11.3 Å². The molecule has 0 aliphatic rings. The van der Waals surface area contributed by atoms with Gasteiger partial charge in [0.1, 0.15) is 6.26 Å². The largest absolute Gasteiger partial charge is 0.364 e. The summed E-state index contributed by atoms with van der Waals surface area (Å²) >= 11 is 1.26. The maximum absolute atomic E-state index is 11.7.